The summed E-state index contributed by atoms with van der Waals surface area (Å²) in [6.45, 7) is 0. The topological polar surface area (TPSA) is 87.8 Å². The number of nitrogens with zero attached hydrogens (tertiary/aromatic N) is 3. The smallest absolute Gasteiger partial charge is 0.261 e. The van der Waals surface area contributed by atoms with Crippen LogP contribution in [0.25, 0.3) is 22.4 Å². The highest BCUT2D eigenvalue weighted by atomic mass is 16.5. The lowest BCUT2D eigenvalue weighted by atomic mass is 10.0. The lowest BCUT2D eigenvalue weighted by Crippen LogP contribution is -1.92. The normalized spacial score (nSPS) is 11.2. The highest BCUT2D eigenvalue weighted by molar-refractivity contribution is 5.78. The molecule has 3 aromatic carbocycles. The van der Waals surface area contributed by atoms with Crippen LogP contribution in [0.2, 0.25) is 0 Å². The van der Waals surface area contributed by atoms with Crippen LogP contribution in [0.5, 0.6) is 5.75 Å². The molecule has 0 unspecified atom stereocenters. The summed E-state index contributed by atoms with van der Waals surface area (Å²) in [4.78, 5) is 4.49. The van der Waals surface area contributed by atoms with Crippen molar-refractivity contribution >= 4 is 10.9 Å². The summed E-state index contributed by atoms with van der Waals surface area (Å²) in [5, 5.41) is 22.5. The Labute approximate surface area is 166 Å². The van der Waals surface area contributed by atoms with E-state index < -0.39 is 0 Å². The Morgan fingerprint density at radius 1 is 0.862 bits per heavy atom. The minimum atomic E-state index is 0.121. The van der Waals surface area contributed by atoms with Crippen molar-refractivity contribution in [1.82, 2.24) is 20.3 Å². The number of hydrogen-bond donors (Lipinski definition) is 2. The third-order valence-corrected chi connectivity index (χ3v) is 4.88. The number of phenols is 1. The van der Waals surface area contributed by atoms with E-state index in [1.54, 1.807) is 12.3 Å². The molecule has 0 saturated carbocycles. The maximum atomic E-state index is 10.3. The summed E-state index contributed by atoms with van der Waals surface area (Å²) in [7, 11) is 0. The Balaban J connectivity index is 1.39. The molecule has 0 aliphatic rings. The molecule has 0 aliphatic heterocycles. The molecule has 5 aromatic rings. The Kier molecular flexibility index (Phi) is 4.29. The van der Waals surface area contributed by atoms with Gasteiger partial charge in [-0.25, -0.2) is 0 Å². The van der Waals surface area contributed by atoms with Gasteiger partial charge < -0.3 is 9.63 Å². The minimum Gasteiger partial charge on any atom is -0.507 e. The average Bonchev–Trinajstić information content (AvgIpc) is 3.39. The van der Waals surface area contributed by atoms with Crippen LogP contribution >= 0.6 is 0 Å². The molecule has 0 atom stereocenters. The fraction of sp³-hybridized carbons (Fsp3) is 0.0870. The maximum absolute atomic E-state index is 10.3. The van der Waals surface area contributed by atoms with Gasteiger partial charge in [-0.05, 0) is 41.3 Å². The minimum absolute atomic E-state index is 0.121. The molecule has 5 rings (SSSR count). The number of aromatic amines is 1. The van der Waals surface area contributed by atoms with Gasteiger partial charge in [-0.1, -0.05) is 53.7 Å². The van der Waals surface area contributed by atoms with Crippen molar-refractivity contribution in [2.75, 3.05) is 0 Å². The van der Waals surface area contributed by atoms with Crippen molar-refractivity contribution in [2.45, 2.75) is 12.8 Å². The number of benzene rings is 3. The molecule has 2 heterocycles. The average molecular weight is 382 g/mol. The first kappa shape index (κ1) is 17.2. The summed E-state index contributed by atoms with van der Waals surface area (Å²) in [5.74, 6) is 0.998. The van der Waals surface area contributed by atoms with Crippen molar-refractivity contribution in [3.8, 4) is 17.2 Å². The fourth-order valence-corrected chi connectivity index (χ4v) is 3.41. The van der Waals surface area contributed by atoms with Gasteiger partial charge >= 0.3 is 0 Å². The Bertz CT molecular complexity index is 1270. The lowest BCUT2D eigenvalue weighted by Gasteiger charge is -2.05. The van der Waals surface area contributed by atoms with Crippen LogP contribution in [0.3, 0.4) is 0 Å². The Morgan fingerprint density at radius 2 is 1.69 bits per heavy atom. The van der Waals surface area contributed by atoms with Gasteiger partial charge in [0.1, 0.15) is 5.75 Å². The number of H-pyrrole nitrogens is 1. The summed E-state index contributed by atoms with van der Waals surface area (Å²) in [6, 6.07) is 21.7. The van der Waals surface area contributed by atoms with Crippen LogP contribution in [0.15, 0.2) is 77.4 Å². The van der Waals surface area contributed by atoms with Crippen LogP contribution in [0.1, 0.15) is 22.5 Å². The maximum Gasteiger partial charge on any atom is 0.261 e. The lowest BCUT2D eigenvalue weighted by molar-refractivity contribution is 0.418. The van der Waals surface area contributed by atoms with Crippen LogP contribution < -0.4 is 0 Å². The number of hydrogen-bond acceptors (Lipinski definition) is 5. The van der Waals surface area contributed by atoms with E-state index in [1.807, 2.05) is 48.5 Å². The molecule has 0 bridgehead atoms. The van der Waals surface area contributed by atoms with Crippen LogP contribution in [-0.4, -0.2) is 25.4 Å². The molecule has 0 saturated heterocycles. The van der Waals surface area contributed by atoms with E-state index in [4.69, 9.17) is 4.52 Å². The number of rotatable bonds is 5. The van der Waals surface area contributed by atoms with E-state index >= 15 is 0 Å². The third-order valence-electron chi connectivity index (χ3n) is 4.88. The number of aromatic nitrogens is 4. The molecule has 142 valence electrons. The third kappa shape index (κ3) is 3.60. The van der Waals surface area contributed by atoms with Crippen LogP contribution in [0.4, 0.5) is 0 Å². The summed E-state index contributed by atoms with van der Waals surface area (Å²) < 4.78 is 5.44. The fourth-order valence-electron chi connectivity index (χ4n) is 3.41. The van der Waals surface area contributed by atoms with E-state index in [-0.39, 0.29) is 5.75 Å². The molecule has 0 amide bonds. The quantitative estimate of drug-likeness (QED) is 0.467. The first-order chi connectivity index (χ1) is 14.2. The molecule has 0 aliphatic carbocycles. The van der Waals surface area contributed by atoms with Crippen molar-refractivity contribution < 1.29 is 9.63 Å². The molecular formula is C23H18N4O2. The number of phenolic OH excluding ortho intramolecular Hbond substituents is 1. The Morgan fingerprint density at radius 3 is 2.59 bits per heavy atom. The van der Waals surface area contributed by atoms with Gasteiger partial charge in [0.2, 0.25) is 0 Å². The monoisotopic (exact) mass is 382 g/mol. The van der Waals surface area contributed by atoms with E-state index in [0.717, 1.165) is 28.5 Å². The largest absolute Gasteiger partial charge is 0.507 e. The van der Waals surface area contributed by atoms with Gasteiger partial charge in [-0.2, -0.15) is 10.1 Å². The zero-order valence-electron chi connectivity index (χ0n) is 15.5. The highest BCUT2D eigenvalue weighted by Crippen LogP contribution is 2.30. The van der Waals surface area contributed by atoms with E-state index in [2.05, 4.69) is 32.5 Å². The Hall–Kier alpha value is -3.93. The van der Waals surface area contributed by atoms with Gasteiger partial charge in [0.15, 0.2) is 5.82 Å². The SMILES string of the molecule is Oc1ccc(Cc2ccccc2)cc1-c1nc(Cc2ccc3cn[nH]c3c2)no1. The molecule has 6 heteroatoms. The molecular weight excluding hydrogens is 364 g/mol. The summed E-state index contributed by atoms with van der Waals surface area (Å²) in [6.07, 6.45) is 3.08. The molecule has 2 aromatic heterocycles. The number of nitrogens with one attached hydrogen (secondary N) is 1. The molecule has 29 heavy (non-hydrogen) atoms. The van der Waals surface area contributed by atoms with Gasteiger partial charge in [0, 0.05) is 11.8 Å². The first-order valence-corrected chi connectivity index (χ1v) is 9.35. The zero-order chi connectivity index (χ0) is 19.6. The van der Waals surface area contributed by atoms with Crippen molar-refractivity contribution in [1.29, 1.82) is 0 Å². The predicted octanol–water partition coefficient (Wildman–Crippen LogP) is 4.50. The zero-order valence-corrected chi connectivity index (χ0v) is 15.5. The molecule has 0 radical (unpaired) electrons. The standard InChI is InChI=1S/C23H18N4O2/c28-21-9-7-16(10-15-4-2-1-3-5-15)11-19(21)23-25-22(27-29-23)13-17-6-8-18-14-24-26-20(18)12-17/h1-9,11-12,14,28H,10,13H2,(H,24,26). The molecule has 0 fully saturated rings. The first-order valence-electron chi connectivity index (χ1n) is 9.35. The van der Waals surface area contributed by atoms with Crippen LogP contribution in [-0.2, 0) is 12.8 Å². The van der Waals surface area contributed by atoms with Gasteiger partial charge in [0.25, 0.3) is 5.89 Å². The second-order valence-electron chi connectivity index (χ2n) is 7.00. The van der Waals surface area contributed by atoms with E-state index in [1.165, 1.54) is 5.56 Å². The molecule has 0 spiro atoms. The van der Waals surface area contributed by atoms with Gasteiger partial charge in [0.05, 0.1) is 17.3 Å². The second kappa shape index (κ2) is 7.24. The van der Waals surface area contributed by atoms with E-state index in [9.17, 15) is 5.11 Å². The van der Waals surface area contributed by atoms with Crippen molar-refractivity contribution in [2.24, 2.45) is 0 Å². The van der Waals surface area contributed by atoms with Gasteiger partial charge in [-0.3, -0.25) is 5.10 Å². The van der Waals surface area contributed by atoms with Crippen molar-refractivity contribution in [3.63, 3.8) is 0 Å². The van der Waals surface area contributed by atoms with Crippen molar-refractivity contribution in [3.05, 3.63) is 95.4 Å². The predicted molar refractivity (Wildman–Crippen MR) is 110 cm³/mol. The van der Waals surface area contributed by atoms with Gasteiger partial charge in [-0.15, -0.1) is 0 Å². The summed E-state index contributed by atoms with van der Waals surface area (Å²) in [5.41, 5.74) is 4.83. The van der Waals surface area contributed by atoms with Crippen LogP contribution in [0, 0.1) is 0 Å². The second-order valence-corrected chi connectivity index (χ2v) is 7.00. The summed E-state index contributed by atoms with van der Waals surface area (Å²) >= 11 is 0. The van der Waals surface area contributed by atoms with E-state index in [0.29, 0.717) is 23.7 Å². The number of fused-ring (bicyclic) bond motifs is 1. The highest BCUT2D eigenvalue weighted by Gasteiger charge is 2.14. The number of aromatic hydroxyl groups is 1. The molecule has 2 N–H and O–H groups in total. The molecule has 6 nitrogen and oxygen atoms in total.